The molecule has 2 aliphatic rings. The first kappa shape index (κ1) is 14.4. The fourth-order valence-corrected chi connectivity index (χ4v) is 4.56. The van der Waals surface area contributed by atoms with Crippen LogP contribution in [-0.2, 0) is 6.54 Å². The first-order valence-corrected chi connectivity index (χ1v) is 8.78. The Kier molecular flexibility index (Phi) is 4.67. The van der Waals surface area contributed by atoms with Crippen molar-refractivity contribution in [1.29, 1.82) is 0 Å². The molecule has 0 amide bonds. The van der Waals surface area contributed by atoms with E-state index in [1.165, 1.54) is 38.5 Å². The zero-order chi connectivity index (χ0) is 13.9. The van der Waals surface area contributed by atoms with Gasteiger partial charge in [0.05, 0.1) is 0 Å². The lowest BCUT2D eigenvalue weighted by Gasteiger charge is -2.27. The van der Waals surface area contributed by atoms with E-state index >= 15 is 0 Å². The van der Waals surface area contributed by atoms with Crippen LogP contribution in [0.5, 0.6) is 0 Å². The summed E-state index contributed by atoms with van der Waals surface area (Å²) in [6.45, 7) is 3.02. The largest absolute Gasteiger partial charge is 0.310 e. The third-order valence-electron chi connectivity index (χ3n) is 4.40. The Balaban J connectivity index is 1.68. The molecule has 2 aliphatic carbocycles. The Morgan fingerprint density at radius 3 is 2.85 bits per heavy atom. The molecule has 20 heavy (non-hydrogen) atoms. The molecule has 0 spiro atoms. The molecule has 2 fully saturated rings. The fourth-order valence-electron chi connectivity index (χ4n) is 3.02. The number of thioether (sulfide) groups is 1. The van der Waals surface area contributed by atoms with E-state index in [1.807, 2.05) is 17.8 Å². The second kappa shape index (κ2) is 6.48. The molecule has 2 saturated carbocycles. The van der Waals surface area contributed by atoms with Crippen LogP contribution in [0.3, 0.4) is 0 Å². The molecule has 0 bridgehead atoms. The van der Waals surface area contributed by atoms with Crippen molar-refractivity contribution >= 4 is 11.8 Å². The number of nitrogens with one attached hydrogen (secondary N) is 1. The maximum absolute atomic E-state index is 14.1. The lowest BCUT2D eigenvalue weighted by atomic mass is 9.91. The van der Waals surface area contributed by atoms with Crippen molar-refractivity contribution in [2.24, 2.45) is 5.92 Å². The normalized spacial score (nSPS) is 26.7. The molecule has 1 nitrogen and oxygen atoms in total. The Morgan fingerprint density at radius 2 is 2.10 bits per heavy atom. The topological polar surface area (TPSA) is 12.0 Å². The molecule has 0 radical (unpaired) electrons. The lowest BCUT2D eigenvalue weighted by Crippen LogP contribution is -2.18. The average molecular weight is 293 g/mol. The number of benzene rings is 1. The van der Waals surface area contributed by atoms with Crippen molar-refractivity contribution in [3.8, 4) is 0 Å². The van der Waals surface area contributed by atoms with Crippen LogP contribution in [0, 0.1) is 11.7 Å². The van der Waals surface area contributed by atoms with Crippen molar-refractivity contribution in [2.45, 2.75) is 68.2 Å². The highest BCUT2D eigenvalue weighted by molar-refractivity contribution is 8.00. The van der Waals surface area contributed by atoms with Crippen LogP contribution in [-0.4, -0.2) is 11.3 Å². The van der Waals surface area contributed by atoms with Gasteiger partial charge in [0.15, 0.2) is 0 Å². The van der Waals surface area contributed by atoms with E-state index in [1.54, 1.807) is 6.07 Å². The molecule has 1 aromatic rings. The molecular weight excluding hydrogens is 269 g/mol. The van der Waals surface area contributed by atoms with E-state index in [9.17, 15) is 4.39 Å². The standard InChI is InChI=1S/C17H24FNS/c1-12-4-2-5-14(10-12)20-17-7-3-6-16(18)15(17)11-19-13-8-9-13/h3,6-7,12-14,19H,2,4-5,8-11H2,1H3. The summed E-state index contributed by atoms with van der Waals surface area (Å²) in [4.78, 5) is 1.15. The SMILES string of the molecule is CC1CCCC(Sc2cccc(F)c2CNC2CC2)C1. The van der Waals surface area contributed by atoms with Crippen LogP contribution in [0.15, 0.2) is 23.1 Å². The van der Waals surface area contributed by atoms with Crippen molar-refractivity contribution in [2.75, 3.05) is 0 Å². The maximum Gasteiger partial charge on any atom is 0.128 e. The van der Waals surface area contributed by atoms with Crippen LogP contribution < -0.4 is 5.32 Å². The predicted octanol–water partition coefficient (Wildman–Crippen LogP) is 4.75. The van der Waals surface area contributed by atoms with E-state index in [4.69, 9.17) is 0 Å². The molecule has 0 aromatic heterocycles. The quantitative estimate of drug-likeness (QED) is 0.841. The zero-order valence-electron chi connectivity index (χ0n) is 12.2. The van der Waals surface area contributed by atoms with Gasteiger partial charge in [-0.05, 0) is 43.7 Å². The van der Waals surface area contributed by atoms with Crippen LogP contribution in [0.25, 0.3) is 0 Å². The number of rotatable bonds is 5. The summed E-state index contributed by atoms with van der Waals surface area (Å²) in [7, 11) is 0. The smallest absolute Gasteiger partial charge is 0.128 e. The first-order valence-electron chi connectivity index (χ1n) is 7.90. The molecule has 0 heterocycles. The highest BCUT2D eigenvalue weighted by Gasteiger charge is 2.23. The highest BCUT2D eigenvalue weighted by atomic mass is 32.2. The minimum Gasteiger partial charge on any atom is -0.310 e. The van der Waals surface area contributed by atoms with Crippen molar-refractivity contribution in [3.63, 3.8) is 0 Å². The van der Waals surface area contributed by atoms with Crippen molar-refractivity contribution in [3.05, 3.63) is 29.6 Å². The summed E-state index contributed by atoms with van der Waals surface area (Å²) in [6, 6.07) is 6.17. The summed E-state index contributed by atoms with van der Waals surface area (Å²) in [5.41, 5.74) is 0.877. The van der Waals surface area contributed by atoms with Crippen LogP contribution in [0.2, 0.25) is 0 Å². The third kappa shape index (κ3) is 3.76. The number of halogens is 1. The molecular formula is C17H24FNS. The Bertz CT molecular complexity index is 458. The Hall–Kier alpha value is -0.540. The Morgan fingerprint density at radius 1 is 1.25 bits per heavy atom. The van der Waals surface area contributed by atoms with Gasteiger partial charge >= 0.3 is 0 Å². The molecule has 3 rings (SSSR count). The summed E-state index contributed by atoms with van der Waals surface area (Å²) in [6.07, 6.45) is 7.73. The third-order valence-corrected chi connectivity index (χ3v) is 5.80. The van der Waals surface area contributed by atoms with Gasteiger partial charge in [0.25, 0.3) is 0 Å². The molecule has 3 heteroatoms. The van der Waals surface area contributed by atoms with Gasteiger partial charge in [0.2, 0.25) is 0 Å². The van der Waals surface area contributed by atoms with Crippen LogP contribution >= 0.6 is 11.8 Å². The summed E-state index contributed by atoms with van der Waals surface area (Å²) < 4.78 is 14.1. The van der Waals surface area contributed by atoms with Crippen molar-refractivity contribution in [1.82, 2.24) is 5.32 Å². The van der Waals surface area contributed by atoms with Gasteiger partial charge in [-0.15, -0.1) is 11.8 Å². The van der Waals surface area contributed by atoms with Crippen LogP contribution in [0.4, 0.5) is 4.39 Å². The van der Waals surface area contributed by atoms with Gasteiger partial charge in [-0.2, -0.15) is 0 Å². The van der Waals surface area contributed by atoms with E-state index in [0.717, 1.165) is 16.4 Å². The van der Waals surface area contributed by atoms with E-state index in [2.05, 4.69) is 18.3 Å². The van der Waals surface area contributed by atoms with Gasteiger partial charge in [-0.25, -0.2) is 4.39 Å². The van der Waals surface area contributed by atoms with E-state index < -0.39 is 0 Å². The van der Waals surface area contributed by atoms with E-state index in [-0.39, 0.29) is 5.82 Å². The molecule has 0 aliphatic heterocycles. The summed E-state index contributed by atoms with van der Waals surface area (Å²) in [5.74, 6) is 0.773. The van der Waals surface area contributed by atoms with Gasteiger partial charge in [-0.1, -0.05) is 25.8 Å². The Labute approximate surface area is 125 Å². The molecule has 110 valence electrons. The molecule has 1 N–H and O–H groups in total. The maximum atomic E-state index is 14.1. The highest BCUT2D eigenvalue weighted by Crippen LogP contribution is 2.38. The predicted molar refractivity (Wildman–Crippen MR) is 83.5 cm³/mol. The monoisotopic (exact) mass is 293 g/mol. The zero-order valence-corrected chi connectivity index (χ0v) is 13.0. The lowest BCUT2D eigenvalue weighted by molar-refractivity contribution is 0.394. The minimum absolute atomic E-state index is 0.0491. The molecule has 1 aromatic carbocycles. The molecule has 0 saturated heterocycles. The summed E-state index contributed by atoms with van der Waals surface area (Å²) >= 11 is 1.90. The average Bonchev–Trinajstić information content (AvgIpc) is 3.22. The molecule has 2 atom stereocenters. The minimum atomic E-state index is -0.0491. The number of hydrogen-bond donors (Lipinski definition) is 1. The van der Waals surface area contributed by atoms with Gasteiger partial charge < -0.3 is 5.32 Å². The van der Waals surface area contributed by atoms with Crippen LogP contribution in [0.1, 0.15) is 51.0 Å². The fraction of sp³-hybridized carbons (Fsp3) is 0.647. The summed E-state index contributed by atoms with van der Waals surface area (Å²) in [5, 5.41) is 4.11. The first-order chi connectivity index (χ1) is 9.72. The second-order valence-electron chi connectivity index (χ2n) is 6.38. The van der Waals surface area contributed by atoms with E-state index in [0.29, 0.717) is 17.8 Å². The molecule has 2 unspecified atom stereocenters. The van der Waals surface area contributed by atoms with Gasteiger partial charge in [0.1, 0.15) is 5.82 Å². The second-order valence-corrected chi connectivity index (χ2v) is 7.73. The number of hydrogen-bond acceptors (Lipinski definition) is 2. The van der Waals surface area contributed by atoms with Crippen molar-refractivity contribution < 1.29 is 4.39 Å². The van der Waals surface area contributed by atoms with Gasteiger partial charge in [-0.3, -0.25) is 0 Å². The van der Waals surface area contributed by atoms with Gasteiger partial charge in [0, 0.05) is 28.3 Å².